The zero-order chi connectivity index (χ0) is 15.4. The topological polar surface area (TPSA) is 42.7 Å². The van der Waals surface area contributed by atoms with Gasteiger partial charge in [-0.15, -0.1) is 10.2 Å². The molecule has 21 heavy (non-hydrogen) atoms. The van der Waals surface area contributed by atoms with Crippen molar-refractivity contribution in [2.45, 2.75) is 44.3 Å². The van der Waals surface area contributed by atoms with Crippen LogP contribution in [0.15, 0.2) is 28.3 Å². The molecule has 2 aromatic rings. The van der Waals surface area contributed by atoms with Crippen molar-refractivity contribution >= 4 is 11.8 Å². The molecule has 0 atom stereocenters. The van der Waals surface area contributed by atoms with E-state index in [9.17, 15) is 0 Å². The molecule has 1 N–H and O–H groups in total. The fourth-order valence-electron chi connectivity index (χ4n) is 2.01. The molecule has 0 amide bonds. The van der Waals surface area contributed by atoms with Crippen molar-refractivity contribution < 1.29 is 0 Å². The van der Waals surface area contributed by atoms with Gasteiger partial charge in [0.1, 0.15) is 5.82 Å². The lowest BCUT2D eigenvalue weighted by atomic mass is 10.1. The van der Waals surface area contributed by atoms with E-state index in [1.807, 2.05) is 18.5 Å². The molecule has 1 aromatic heterocycles. The van der Waals surface area contributed by atoms with Gasteiger partial charge in [0.05, 0.1) is 0 Å². The van der Waals surface area contributed by atoms with E-state index in [2.05, 4.69) is 54.5 Å². The van der Waals surface area contributed by atoms with Gasteiger partial charge in [0, 0.05) is 18.5 Å². The Labute approximate surface area is 131 Å². The second-order valence-corrected chi connectivity index (χ2v) is 6.84. The van der Waals surface area contributed by atoms with Gasteiger partial charge in [0.25, 0.3) is 0 Å². The third-order valence-electron chi connectivity index (χ3n) is 3.44. The summed E-state index contributed by atoms with van der Waals surface area (Å²) in [5.74, 6) is 1.61. The minimum atomic E-state index is 0.680. The molecule has 0 saturated carbocycles. The maximum absolute atomic E-state index is 4.20. The first-order valence-electron chi connectivity index (χ1n) is 7.31. The van der Waals surface area contributed by atoms with E-state index in [0.717, 1.165) is 24.1 Å². The van der Waals surface area contributed by atoms with E-state index >= 15 is 0 Å². The molecule has 5 heteroatoms. The Bertz CT molecular complexity index is 604. The van der Waals surface area contributed by atoms with Crippen molar-refractivity contribution in [1.29, 1.82) is 0 Å². The van der Waals surface area contributed by atoms with Crippen LogP contribution in [0.5, 0.6) is 0 Å². The van der Waals surface area contributed by atoms with Gasteiger partial charge in [0.15, 0.2) is 5.16 Å². The fourth-order valence-corrected chi connectivity index (χ4v) is 2.94. The van der Waals surface area contributed by atoms with Gasteiger partial charge in [-0.1, -0.05) is 19.9 Å². The van der Waals surface area contributed by atoms with Crippen molar-refractivity contribution in [3.05, 3.63) is 35.2 Å². The minimum absolute atomic E-state index is 0.680. The summed E-state index contributed by atoms with van der Waals surface area (Å²) < 4.78 is 2.01. The first kappa shape index (κ1) is 16.0. The Morgan fingerprint density at radius 2 is 2.00 bits per heavy atom. The number of nitrogens with one attached hydrogen (secondary N) is 1. The van der Waals surface area contributed by atoms with Crippen molar-refractivity contribution in [2.24, 2.45) is 13.0 Å². The molecule has 0 bridgehead atoms. The lowest BCUT2D eigenvalue weighted by molar-refractivity contribution is 0.551. The first-order chi connectivity index (χ1) is 9.97. The van der Waals surface area contributed by atoms with Gasteiger partial charge >= 0.3 is 0 Å². The van der Waals surface area contributed by atoms with Gasteiger partial charge in [0.2, 0.25) is 0 Å². The minimum Gasteiger partial charge on any atom is -0.312 e. The second kappa shape index (κ2) is 7.09. The summed E-state index contributed by atoms with van der Waals surface area (Å²) >= 11 is 1.66. The predicted molar refractivity (Wildman–Crippen MR) is 87.6 cm³/mol. The van der Waals surface area contributed by atoms with Gasteiger partial charge in [-0.2, -0.15) is 0 Å². The van der Waals surface area contributed by atoms with Crippen molar-refractivity contribution in [3.63, 3.8) is 0 Å². The van der Waals surface area contributed by atoms with E-state index in [1.165, 1.54) is 16.0 Å². The molecule has 0 aliphatic heterocycles. The van der Waals surface area contributed by atoms with Crippen LogP contribution in [0.25, 0.3) is 0 Å². The number of benzene rings is 1. The molecule has 0 aliphatic rings. The molecular formula is C16H24N4S. The maximum atomic E-state index is 4.20. The normalized spacial score (nSPS) is 11.3. The Balaban J connectivity index is 2.03. The molecule has 0 radical (unpaired) electrons. The van der Waals surface area contributed by atoms with Gasteiger partial charge in [-0.25, -0.2) is 0 Å². The SMILES string of the molecule is Cc1cc(Sc2nnc(C)n2C)ccc1CNCC(C)C. The Kier molecular flexibility index (Phi) is 5.42. The van der Waals surface area contributed by atoms with E-state index in [-0.39, 0.29) is 0 Å². The summed E-state index contributed by atoms with van der Waals surface area (Å²) in [4.78, 5) is 1.20. The highest BCUT2D eigenvalue weighted by Crippen LogP contribution is 2.27. The average Bonchev–Trinajstić information content (AvgIpc) is 2.73. The Morgan fingerprint density at radius 3 is 2.57 bits per heavy atom. The monoisotopic (exact) mass is 304 g/mol. The van der Waals surface area contributed by atoms with Crippen LogP contribution in [-0.2, 0) is 13.6 Å². The van der Waals surface area contributed by atoms with Crippen LogP contribution in [0.3, 0.4) is 0 Å². The second-order valence-electron chi connectivity index (χ2n) is 5.80. The molecule has 4 nitrogen and oxygen atoms in total. The third-order valence-corrected chi connectivity index (χ3v) is 4.47. The smallest absolute Gasteiger partial charge is 0.195 e. The molecular weight excluding hydrogens is 280 g/mol. The standard InChI is InChI=1S/C16H24N4S/c1-11(2)9-17-10-14-6-7-15(8-12(14)3)21-16-19-18-13(4)20(16)5/h6-8,11,17H,9-10H2,1-5H3. The number of hydrogen-bond acceptors (Lipinski definition) is 4. The summed E-state index contributed by atoms with van der Waals surface area (Å²) in [6.45, 7) is 10.6. The summed E-state index contributed by atoms with van der Waals surface area (Å²) in [5, 5.41) is 12.7. The highest BCUT2D eigenvalue weighted by Gasteiger charge is 2.08. The zero-order valence-electron chi connectivity index (χ0n) is 13.5. The number of rotatable bonds is 6. The quantitative estimate of drug-likeness (QED) is 0.889. The van der Waals surface area contributed by atoms with Crippen molar-refractivity contribution in [3.8, 4) is 0 Å². The summed E-state index contributed by atoms with van der Waals surface area (Å²) in [6, 6.07) is 6.59. The van der Waals surface area contributed by atoms with Crippen LogP contribution in [0.1, 0.15) is 30.8 Å². The molecule has 0 spiro atoms. The molecule has 1 heterocycles. The molecule has 0 fully saturated rings. The Morgan fingerprint density at radius 1 is 1.24 bits per heavy atom. The average molecular weight is 304 g/mol. The summed E-state index contributed by atoms with van der Waals surface area (Å²) in [6.07, 6.45) is 0. The van der Waals surface area contributed by atoms with Crippen LogP contribution in [0, 0.1) is 19.8 Å². The highest BCUT2D eigenvalue weighted by molar-refractivity contribution is 7.99. The maximum Gasteiger partial charge on any atom is 0.195 e. The van der Waals surface area contributed by atoms with E-state index < -0.39 is 0 Å². The molecule has 114 valence electrons. The number of nitrogens with zero attached hydrogens (tertiary/aromatic N) is 3. The van der Waals surface area contributed by atoms with Crippen LogP contribution in [0.4, 0.5) is 0 Å². The third kappa shape index (κ3) is 4.32. The van der Waals surface area contributed by atoms with Crippen LogP contribution >= 0.6 is 11.8 Å². The lowest BCUT2D eigenvalue weighted by Gasteiger charge is -2.11. The van der Waals surface area contributed by atoms with E-state index in [1.54, 1.807) is 11.8 Å². The molecule has 2 rings (SSSR count). The molecule has 1 aromatic carbocycles. The first-order valence-corrected chi connectivity index (χ1v) is 8.13. The van der Waals surface area contributed by atoms with Gasteiger partial charge < -0.3 is 9.88 Å². The zero-order valence-corrected chi connectivity index (χ0v) is 14.3. The van der Waals surface area contributed by atoms with Crippen LogP contribution < -0.4 is 5.32 Å². The molecule has 0 unspecified atom stereocenters. The Hall–Kier alpha value is -1.33. The molecule has 0 aliphatic carbocycles. The summed E-state index contributed by atoms with van der Waals surface area (Å²) in [7, 11) is 1.99. The molecule has 0 saturated heterocycles. The van der Waals surface area contributed by atoms with Crippen LogP contribution in [-0.4, -0.2) is 21.3 Å². The fraction of sp³-hybridized carbons (Fsp3) is 0.500. The number of aromatic nitrogens is 3. The number of hydrogen-bond donors (Lipinski definition) is 1. The van der Waals surface area contributed by atoms with Crippen molar-refractivity contribution in [2.75, 3.05) is 6.54 Å². The van der Waals surface area contributed by atoms with Crippen LogP contribution in [0.2, 0.25) is 0 Å². The van der Waals surface area contributed by atoms with E-state index in [4.69, 9.17) is 0 Å². The van der Waals surface area contributed by atoms with Gasteiger partial charge in [-0.05, 0) is 61.3 Å². The summed E-state index contributed by atoms with van der Waals surface area (Å²) in [5.41, 5.74) is 2.67. The van der Waals surface area contributed by atoms with Gasteiger partial charge in [-0.3, -0.25) is 0 Å². The van der Waals surface area contributed by atoms with Crippen molar-refractivity contribution in [1.82, 2.24) is 20.1 Å². The van der Waals surface area contributed by atoms with E-state index in [0.29, 0.717) is 5.92 Å². The highest BCUT2D eigenvalue weighted by atomic mass is 32.2. The largest absolute Gasteiger partial charge is 0.312 e. The lowest BCUT2D eigenvalue weighted by Crippen LogP contribution is -2.19. The predicted octanol–water partition coefficient (Wildman–Crippen LogP) is 3.33. The number of aryl methyl sites for hydroxylation is 2.